The first-order chi connectivity index (χ1) is 9.73. The highest BCUT2D eigenvalue weighted by atomic mass is 35.5. The number of benzene rings is 1. The lowest BCUT2D eigenvalue weighted by atomic mass is 9.88. The molecule has 7 heteroatoms. The normalized spacial score (nSPS) is 17.9. The molecule has 1 heterocycles. The van der Waals surface area contributed by atoms with Crippen molar-refractivity contribution in [1.29, 1.82) is 0 Å². The fourth-order valence-electron chi connectivity index (χ4n) is 2.01. The van der Waals surface area contributed by atoms with Gasteiger partial charge in [0.05, 0.1) is 0 Å². The molecule has 0 bridgehead atoms. The maximum absolute atomic E-state index is 12.2. The number of nitrogens with zero attached hydrogens (tertiary/aromatic N) is 1. The maximum atomic E-state index is 12.2. The molecule has 4 amide bonds. The number of amides is 4. The number of rotatable bonds is 3. The van der Waals surface area contributed by atoms with Gasteiger partial charge in [-0.3, -0.25) is 19.8 Å². The summed E-state index contributed by atoms with van der Waals surface area (Å²) < 4.78 is 0. The largest absolute Gasteiger partial charge is 0.330 e. The van der Waals surface area contributed by atoms with Crippen molar-refractivity contribution in [1.82, 2.24) is 10.2 Å². The van der Waals surface area contributed by atoms with Crippen LogP contribution in [0.25, 0.3) is 0 Å². The van der Waals surface area contributed by atoms with Gasteiger partial charge in [0.2, 0.25) is 11.8 Å². The fourth-order valence-corrected chi connectivity index (χ4v) is 2.51. The predicted molar refractivity (Wildman–Crippen MR) is 79.2 cm³/mol. The number of carbonyl (C=O) groups excluding carboxylic acids is 3. The summed E-state index contributed by atoms with van der Waals surface area (Å²) in [5, 5.41) is 3.17. The van der Waals surface area contributed by atoms with Crippen LogP contribution in [-0.2, 0) is 16.0 Å². The average molecular weight is 329 g/mol. The van der Waals surface area contributed by atoms with E-state index in [-0.39, 0.29) is 6.54 Å². The van der Waals surface area contributed by atoms with Gasteiger partial charge >= 0.3 is 6.03 Å². The van der Waals surface area contributed by atoms with E-state index in [2.05, 4.69) is 5.32 Å². The van der Waals surface area contributed by atoms with E-state index in [1.165, 1.54) is 13.8 Å². The Hall–Kier alpha value is -1.59. The van der Waals surface area contributed by atoms with Crippen molar-refractivity contribution >= 4 is 41.0 Å². The maximum Gasteiger partial charge on any atom is 0.330 e. The number of imide groups is 2. The molecule has 0 aliphatic carbocycles. The van der Waals surface area contributed by atoms with Crippen LogP contribution in [0.15, 0.2) is 18.2 Å². The number of carbonyl (C=O) groups is 3. The van der Waals surface area contributed by atoms with Crippen molar-refractivity contribution in [2.24, 2.45) is 5.41 Å². The summed E-state index contributed by atoms with van der Waals surface area (Å²) in [6.45, 7) is 3.11. The molecule has 21 heavy (non-hydrogen) atoms. The van der Waals surface area contributed by atoms with Crippen LogP contribution in [0, 0.1) is 5.41 Å². The summed E-state index contributed by atoms with van der Waals surface area (Å²) in [7, 11) is 0. The van der Waals surface area contributed by atoms with Crippen LogP contribution >= 0.6 is 23.2 Å². The Bertz CT molecular complexity index is 629. The molecule has 2 rings (SSSR count). The minimum Gasteiger partial charge on any atom is -0.277 e. The van der Waals surface area contributed by atoms with Gasteiger partial charge in [-0.1, -0.05) is 29.3 Å². The second-order valence-corrected chi connectivity index (χ2v) is 6.17. The van der Waals surface area contributed by atoms with E-state index in [0.29, 0.717) is 16.5 Å². The van der Waals surface area contributed by atoms with Gasteiger partial charge in [0.15, 0.2) is 0 Å². The molecule has 1 saturated heterocycles. The molecule has 1 aliphatic rings. The number of urea groups is 1. The van der Waals surface area contributed by atoms with E-state index < -0.39 is 23.3 Å². The molecular formula is C14H14Cl2N2O3. The lowest BCUT2D eigenvalue weighted by Crippen LogP contribution is -2.62. The molecule has 1 fully saturated rings. The van der Waals surface area contributed by atoms with E-state index in [1.54, 1.807) is 18.2 Å². The zero-order valence-corrected chi connectivity index (χ0v) is 13.1. The molecule has 0 spiro atoms. The van der Waals surface area contributed by atoms with Crippen LogP contribution in [0.5, 0.6) is 0 Å². The number of hydrogen-bond donors (Lipinski definition) is 1. The van der Waals surface area contributed by atoms with Gasteiger partial charge < -0.3 is 0 Å². The van der Waals surface area contributed by atoms with E-state index in [0.717, 1.165) is 10.5 Å². The number of hydrogen-bond acceptors (Lipinski definition) is 3. The second-order valence-electron chi connectivity index (χ2n) is 5.33. The third-order valence-electron chi connectivity index (χ3n) is 3.43. The predicted octanol–water partition coefficient (Wildman–Crippen LogP) is 2.64. The minimum atomic E-state index is -1.25. The van der Waals surface area contributed by atoms with Gasteiger partial charge in [-0.05, 0) is 38.0 Å². The van der Waals surface area contributed by atoms with Crippen LogP contribution in [0.1, 0.15) is 19.4 Å². The molecule has 0 unspecified atom stereocenters. The lowest BCUT2D eigenvalue weighted by molar-refractivity contribution is -0.148. The summed E-state index contributed by atoms with van der Waals surface area (Å²) in [5.74, 6) is -1.10. The molecule has 112 valence electrons. The monoisotopic (exact) mass is 328 g/mol. The standard InChI is InChI=1S/C14H14Cl2N2O3/c1-14(2)11(19)17-13(21)18(12(14)20)6-5-8-3-4-9(15)7-10(8)16/h3-4,7H,5-6H2,1-2H3,(H,17,19,21). The molecular weight excluding hydrogens is 315 g/mol. The van der Waals surface area contributed by atoms with Crippen LogP contribution in [0.2, 0.25) is 10.0 Å². The van der Waals surface area contributed by atoms with Crippen molar-refractivity contribution in [2.75, 3.05) is 6.54 Å². The quantitative estimate of drug-likeness (QED) is 0.867. The zero-order chi connectivity index (χ0) is 15.8. The third-order valence-corrected chi connectivity index (χ3v) is 4.02. The van der Waals surface area contributed by atoms with Crippen molar-refractivity contribution < 1.29 is 14.4 Å². The molecule has 1 aromatic rings. The Morgan fingerprint density at radius 2 is 1.86 bits per heavy atom. The summed E-state index contributed by atoms with van der Waals surface area (Å²) in [4.78, 5) is 36.7. The Morgan fingerprint density at radius 3 is 2.48 bits per heavy atom. The second kappa shape index (κ2) is 5.66. The van der Waals surface area contributed by atoms with Gasteiger partial charge in [-0.15, -0.1) is 0 Å². The molecule has 1 aliphatic heterocycles. The van der Waals surface area contributed by atoms with Gasteiger partial charge in [0, 0.05) is 16.6 Å². The first-order valence-corrected chi connectivity index (χ1v) is 7.10. The first-order valence-electron chi connectivity index (χ1n) is 6.35. The molecule has 0 aromatic heterocycles. The van der Waals surface area contributed by atoms with E-state index >= 15 is 0 Å². The lowest BCUT2D eigenvalue weighted by Gasteiger charge is -2.34. The molecule has 1 N–H and O–H groups in total. The summed E-state index contributed by atoms with van der Waals surface area (Å²) >= 11 is 11.9. The van der Waals surface area contributed by atoms with Gasteiger partial charge in [0.1, 0.15) is 5.41 Å². The minimum absolute atomic E-state index is 0.142. The number of nitrogens with one attached hydrogen (secondary N) is 1. The first kappa shape index (κ1) is 15.8. The van der Waals surface area contributed by atoms with Crippen LogP contribution in [-0.4, -0.2) is 29.3 Å². The highest BCUT2D eigenvalue weighted by Gasteiger charge is 2.46. The smallest absolute Gasteiger partial charge is 0.277 e. The molecule has 0 saturated carbocycles. The fraction of sp³-hybridized carbons (Fsp3) is 0.357. The zero-order valence-electron chi connectivity index (χ0n) is 11.6. The van der Waals surface area contributed by atoms with E-state index in [1.807, 2.05) is 0 Å². The summed E-state index contributed by atoms with van der Waals surface area (Å²) in [5.41, 5.74) is -0.478. The van der Waals surface area contributed by atoms with Gasteiger partial charge in [0.25, 0.3) is 0 Å². The van der Waals surface area contributed by atoms with E-state index in [4.69, 9.17) is 23.2 Å². The van der Waals surface area contributed by atoms with Crippen LogP contribution in [0.3, 0.4) is 0 Å². The van der Waals surface area contributed by atoms with Crippen molar-refractivity contribution in [3.63, 3.8) is 0 Å². The Kier molecular flexibility index (Phi) is 4.25. The molecule has 0 radical (unpaired) electrons. The number of halogens is 2. The van der Waals surface area contributed by atoms with Gasteiger partial charge in [-0.25, -0.2) is 4.79 Å². The van der Waals surface area contributed by atoms with Crippen molar-refractivity contribution in [3.8, 4) is 0 Å². The van der Waals surface area contributed by atoms with Crippen molar-refractivity contribution in [2.45, 2.75) is 20.3 Å². The topological polar surface area (TPSA) is 66.5 Å². The average Bonchev–Trinajstić information content (AvgIpc) is 2.39. The SMILES string of the molecule is CC1(C)C(=O)NC(=O)N(CCc2ccc(Cl)cc2Cl)C1=O. The Morgan fingerprint density at radius 1 is 1.19 bits per heavy atom. The summed E-state index contributed by atoms with van der Waals surface area (Å²) in [6.07, 6.45) is 0.388. The highest BCUT2D eigenvalue weighted by Crippen LogP contribution is 2.25. The van der Waals surface area contributed by atoms with Gasteiger partial charge in [-0.2, -0.15) is 0 Å². The summed E-state index contributed by atoms with van der Waals surface area (Å²) in [6, 6.07) is 4.33. The number of barbiturate groups is 1. The molecule has 0 atom stereocenters. The molecule has 1 aromatic carbocycles. The highest BCUT2D eigenvalue weighted by molar-refractivity contribution is 6.35. The third kappa shape index (κ3) is 3.04. The Balaban J connectivity index is 2.13. The van der Waals surface area contributed by atoms with Crippen LogP contribution in [0.4, 0.5) is 4.79 Å². The Labute approximate surface area is 132 Å². The van der Waals surface area contributed by atoms with Crippen LogP contribution < -0.4 is 5.32 Å². The molecule has 5 nitrogen and oxygen atoms in total. The van der Waals surface area contributed by atoms with E-state index in [9.17, 15) is 14.4 Å². The van der Waals surface area contributed by atoms with Crippen molar-refractivity contribution in [3.05, 3.63) is 33.8 Å².